The number of halogens is 1. The monoisotopic (exact) mass is 163 g/mol. The Bertz CT molecular complexity index is 369. The SMILES string of the molecule is Fc1ccnn1-c1cccnc1. The third-order valence-corrected chi connectivity index (χ3v) is 1.49. The van der Waals surface area contributed by atoms with Crippen molar-refractivity contribution in [2.75, 3.05) is 0 Å². The third-order valence-electron chi connectivity index (χ3n) is 1.49. The van der Waals surface area contributed by atoms with Gasteiger partial charge in [-0.3, -0.25) is 4.98 Å². The van der Waals surface area contributed by atoms with Crippen LogP contribution in [0.2, 0.25) is 0 Å². The Kier molecular flexibility index (Phi) is 1.59. The molecule has 0 saturated carbocycles. The van der Waals surface area contributed by atoms with Gasteiger partial charge in [0, 0.05) is 12.3 Å². The molecule has 60 valence electrons. The zero-order chi connectivity index (χ0) is 8.39. The van der Waals surface area contributed by atoms with Crippen molar-refractivity contribution in [2.24, 2.45) is 0 Å². The lowest BCUT2D eigenvalue weighted by Gasteiger charge is -1.98. The normalized spacial score (nSPS) is 10.1. The van der Waals surface area contributed by atoms with Gasteiger partial charge in [-0.2, -0.15) is 9.49 Å². The molecule has 0 radical (unpaired) electrons. The largest absolute Gasteiger partial charge is 0.262 e. The van der Waals surface area contributed by atoms with E-state index in [9.17, 15) is 4.39 Å². The maximum atomic E-state index is 12.9. The van der Waals surface area contributed by atoms with Crippen molar-refractivity contribution in [3.05, 3.63) is 42.7 Å². The van der Waals surface area contributed by atoms with Crippen molar-refractivity contribution in [1.82, 2.24) is 14.8 Å². The smallest absolute Gasteiger partial charge is 0.216 e. The van der Waals surface area contributed by atoms with Crippen LogP contribution in [0.5, 0.6) is 0 Å². The minimum absolute atomic E-state index is 0.386. The van der Waals surface area contributed by atoms with E-state index in [4.69, 9.17) is 0 Å². The van der Waals surface area contributed by atoms with Crippen LogP contribution in [0.15, 0.2) is 36.8 Å². The molecule has 2 aromatic rings. The van der Waals surface area contributed by atoms with E-state index in [1.807, 2.05) is 0 Å². The van der Waals surface area contributed by atoms with Gasteiger partial charge in [0.25, 0.3) is 0 Å². The van der Waals surface area contributed by atoms with Gasteiger partial charge < -0.3 is 0 Å². The van der Waals surface area contributed by atoms with Crippen molar-refractivity contribution in [1.29, 1.82) is 0 Å². The summed E-state index contributed by atoms with van der Waals surface area (Å²) in [4.78, 5) is 3.85. The van der Waals surface area contributed by atoms with Crippen LogP contribution in [0.4, 0.5) is 4.39 Å². The van der Waals surface area contributed by atoms with E-state index >= 15 is 0 Å². The van der Waals surface area contributed by atoms with E-state index in [-0.39, 0.29) is 5.95 Å². The molecule has 2 aromatic heterocycles. The zero-order valence-corrected chi connectivity index (χ0v) is 6.18. The molecule has 0 N–H and O–H groups in total. The first kappa shape index (κ1) is 6.97. The average molecular weight is 163 g/mol. The van der Waals surface area contributed by atoms with Crippen molar-refractivity contribution in [3.63, 3.8) is 0 Å². The highest BCUT2D eigenvalue weighted by Crippen LogP contribution is 2.05. The van der Waals surface area contributed by atoms with E-state index in [0.29, 0.717) is 5.69 Å². The fourth-order valence-electron chi connectivity index (χ4n) is 0.956. The summed E-state index contributed by atoms with van der Waals surface area (Å²) in [6.45, 7) is 0. The first-order valence-electron chi connectivity index (χ1n) is 3.48. The number of nitrogens with zero attached hydrogens (tertiary/aromatic N) is 3. The molecule has 0 aliphatic carbocycles. The second-order valence-electron chi connectivity index (χ2n) is 2.28. The maximum Gasteiger partial charge on any atom is 0.216 e. The zero-order valence-electron chi connectivity index (χ0n) is 6.18. The lowest BCUT2D eigenvalue weighted by Crippen LogP contribution is -1.98. The quantitative estimate of drug-likeness (QED) is 0.636. The molecule has 3 nitrogen and oxygen atoms in total. The molecule has 0 spiro atoms. The summed E-state index contributed by atoms with van der Waals surface area (Å²) in [6.07, 6.45) is 4.59. The fourth-order valence-corrected chi connectivity index (χ4v) is 0.956. The highest BCUT2D eigenvalue weighted by molar-refractivity contribution is 5.26. The Labute approximate surface area is 68.5 Å². The third kappa shape index (κ3) is 1.07. The number of pyridine rings is 1. The Balaban J connectivity index is 2.51. The fraction of sp³-hybridized carbons (Fsp3) is 0. The van der Waals surface area contributed by atoms with Gasteiger partial charge in [0.05, 0.1) is 18.1 Å². The average Bonchev–Trinajstić information content (AvgIpc) is 2.53. The Morgan fingerprint density at radius 3 is 2.75 bits per heavy atom. The van der Waals surface area contributed by atoms with E-state index in [1.165, 1.54) is 16.9 Å². The predicted molar refractivity (Wildman–Crippen MR) is 41.3 cm³/mol. The second-order valence-corrected chi connectivity index (χ2v) is 2.28. The molecule has 2 rings (SSSR count). The van der Waals surface area contributed by atoms with Crippen molar-refractivity contribution >= 4 is 0 Å². The topological polar surface area (TPSA) is 30.7 Å². The molecule has 0 aromatic carbocycles. The van der Waals surface area contributed by atoms with Gasteiger partial charge in [-0.25, -0.2) is 4.68 Å². The van der Waals surface area contributed by atoms with E-state index < -0.39 is 0 Å². The predicted octanol–water partition coefficient (Wildman–Crippen LogP) is 1.41. The summed E-state index contributed by atoms with van der Waals surface area (Å²) >= 11 is 0. The molecule has 0 aliphatic heterocycles. The summed E-state index contributed by atoms with van der Waals surface area (Å²) in [5.41, 5.74) is 0.625. The van der Waals surface area contributed by atoms with Crippen molar-refractivity contribution < 1.29 is 4.39 Å². The van der Waals surface area contributed by atoms with Crippen LogP contribution in [-0.2, 0) is 0 Å². The lowest BCUT2D eigenvalue weighted by atomic mass is 10.4. The van der Waals surface area contributed by atoms with Crippen LogP contribution < -0.4 is 0 Å². The Morgan fingerprint density at radius 1 is 1.25 bits per heavy atom. The van der Waals surface area contributed by atoms with E-state index in [2.05, 4.69) is 10.1 Å². The first-order chi connectivity index (χ1) is 5.88. The molecule has 0 aliphatic rings. The van der Waals surface area contributed by atoms with Gasteiger partial charge in [-0.05, 0) is 12.1 Å². The van der Waals surface area contributed by atoms with Crippen molar-refractivity contribution in [3.8, 4) is 5.69 Å². The molecule has 0 unspecified atom stereocenters. The molecule has 0 fully saturated rings. The molecule has 2 heterocycles. The molecule has 0 amide bonds. The molecule has 0 saturated heterocycles. The minimum atomic E-state index is -0.386. The number of hydrogen-bond acceptors (Lipinski definition) is 2. The van der Waals surface area contributed by atoms with Gasteiger partial charge in [0.1, 0.15) is 0 Å². The van der Waals surface area contributed by atoms with Crippen molar-refractivity contribution in [2.45, 2.75) is 0 Å². The summed E-state index contributed by atoms with van der Waals surface area (Å²) in [5, 5.41) is 3.79. The van der Waals surface area contributed by atoms with Gasteiger partial charge in [-0.15, -0.1) is 0 Å². The van der Waals surface area contributed by atoms with Gasteiger partial charge in [-0.1, -0.05) is 0 Å². The lowest BCUT2D eigenvalue weighted by molar-refractivity contribution is 0.536. The molecule has 12 heavy (non-hydrogen) atoms. The first-order valence-corrected chi connectivity index (χ1v) is 3.48. The van der Waals surface area contributed by atoms with Crippen LogP contribution in [0.25, 0.3) is 5.69 Å². The number of rotatable bonds is 1. The minimum Gasteiger partial charge on any atom is -0.262 e. The van der Waals surface area contributed by atoms with Crippen LogP contribution in [0, 0.1) is 5.95 Å². The molecule has 0 bridgehead atoms. The van der Waals surface area contributed by atoms with E-state index in [1.54, 1.807) is 24.5 Å². The Morgan fingerprint density at radius 2 is 2.17 bits per heavy atom. The van der Waals surface area contributed by atoms with Crippen LogP contribution in [0.1, 0.15) is 0 Å². The molecule has 0 atom stereocenters. The van der Waals surface area contributed by atoms with Gasteiger partial charge in [0.2, 0.25) is 5.95 Å². The van der Waals surface area contributed by atoms with Gasteiger partial charge >= 0.3 is 0 Å². The van der Waals surface area contributed by atoms with Crippen LogP contribution in [0.3, 0.4) is 0 Å². The number of aromatic nitrogens is 3. The maximum absolute atomic E-state index is 12.9. The Hall–Kier alpha value is -1.71. The summed E-state index contributed by atoms with van der Waals surface area (Å²) in [7, 11) is 0. The standard InChI is InChI=1S/C8H6FN3/c9-8-3-5-11-12(8)7-2-1-4-10-6-7/h1-6H. The number of hydrogen-bond donors (Lipinski definition) is 0. The summed E-state index contributed by atoms with van der Waals surface area (Å²) < 4.78 is 14.1. The molecular formula is C8H6FN3. The van der Waals surface area contributed by atoms with Crippen LogP contribution in [-0.4, -0.2) is 14.8 Å². The highest BCUT2D eigenvalue weighted by atomic mass is 19.1. The summed E-state index contributed by atoms with van der Waals surface area (Å²) in [6, 6.07) is 4.77. The second kappa shape index (κ2) is 2.73. The van der Waals surface area contributed by atoms with E-state index in [0.717, 1.165) is 0 Å². The highest BCUT2D eigenvalue weighted by Gasteiger charge is 2.01. The van der Waals surface area contributed by atoms with Gasteiger partial charge in [0.15, 0.2) is 0 Å². The molecule has 4 heteroatoms. The molecular weight excluding hydrogens is 157 g/mol. The van der Waals surface area contributed by atoms with Crippen LogP contribution >= 0.6 is 0 Å². The summed E-state index contributed by atoms with van der Waals surface area (Å²) in [5.74, 6) is -0.386.